The summed E-state index contributed by atoms with van der Waals surface area (Å²) >= 11 is 0. The Bertz CT molecular complexity index is 814. The summed E-state index contributed by atoms with van der Waals surface area (Å²) < 4.78 is 0. The van der Waals surface area contributed by atoms with Crippen LogP contribution in [0.2, 0.25) is 0 Å². The number of hydrogen-bond acceptors (Lipinski definition) is 3. The molecular weight excluding hydrogens is 332 g/mol. The lowest BCUT2D eigenvalue weighted by atomic mass is 10.1. The van der Waals surface area contributed by atoms with Crippen LogP contribution in [0, 0.1) is 12.3 Å². The van der Waals surface area contributed by atoms with Crippen molar-refractivity contribution in [2.75, 3.05) is 19.6 Å². The average Bonchev–Trinajstić information content (AvgIpc) is 3.20. The van der Waals surface area contributed by atoms with E-state index in [2.05, 4.69) is 10.3 Å². The number of rotatable bonds is 8. The van der Waals surface area contributed by atoms with Crippen molar-refractivity contribution >= 4 is 28.6 Å². The molecule has 1 atom stereocenters. The lowest BCUT2D eigenvalue weighted by Gasteiger charge is -2.16. The zero-order valence-electron chi connectivity index (χ0n) is 14.5. The van der Waals surface area contributed by atoms with Gasteiger partial charge in [0.05, 0.1) is 6.42 Å². The molecule has 7 nitrogen and oxygen atoms in total. The molecule has 1 radical (unpaired) electrons. The number of nitrogens with two attached hydrogens (primary N) is 1. The van der Waals surface area contributed by atoms with Crippen molar-refractivity contribution in [3.63, 3.8) is 0 Å². The van der Waals surface area contributed by atoms with Crippen molar-refractivity contribution in [3.05, 3.63) is 42.4 Å². The first kappa shape index (κ1) is 18.0. The van der Waals surface area contributed by atoms with Crippen LogP contribution < -0.4 is 11.1 Å². The third-order valence-electron chi connectivity index (χ3n) is 4.73. The maximum Gasteiger partial charge on any atom is 0.235 e. The van der Waals surface area contributed by atoms with Crippen molar-refractivity contribution in [1.82, 2.24) is 15.2 Å². The van der Waals surface area contributed by atoms with E-state index >= 15 is 0 Å². The minimum Gasteiger partial charge on any atom is -0.369 e. The second kappa shape index (κ2) is 8.03. The van der Waals surface area contributed by atoms with Crippen LogP contribution in [-0.4, -0.2) is 47.2 Å². The van der Waals surface area contributed by atoms with Gasteiger partial charge < -0.3 is 20.9 Å². The standard InChI is InChI=1S/C19H23N4O3/c20-18(25)15-8-11-23(19(15)26)10-3-9-21-17(24)7-6-13-12-22-16-5-2-1-4-14(13)16/h1-2,4-5,7,12,15,22H,3,6,8-11H2,(H2,20,25)(H,21,24). The fourth-order valence-electron chi connectivity index (χ4n) is 3.28. The third-order valence-corrected chi connectivity index (χ3v) is 4.73. The Kier molecular flexibility index (Phi) is 5.55. The van der Waals surface area contributed by atoms with Crippen molar-refractivity contribution in [2.45, 2.75) is 19.3 Å². The highest BCUT2D eigenvalue weighted by Gasteiger charge is 2.34. The number of nitrogens with one attached hydrogen (secondary N) is 2. The van der Waals surface area contributed by atoms with Crippen molar-refractivity contribution in [2.24, 2.45) is 11.7 Å². The number of aromatic nitrogens is 1. The van der Waals surface area contributed by atoms with Gasteiger partial charge in [-0.1, -0.05) is 18.2 Å². The van der Waals surface area contributed by atoms with Crippen molar-refractivity contribution in [3.8, 4) is 0 Å². The van der Waals surface area contributed by atoms with Gasteiger partial charge in [0, 0.05) is 36.7 Å². The topological polar surface area (TPSA) is 108 Å². The number of H-pyrrole nitrogens is 1. The monoisotopic (exact) mass is 355 g/mol. The van der Waals surface area contributed by atoms with Crippen molar-refractivity contribution in [1.29, 1.82) is 0 Å². The highest BCUT2D eigenvalue weighted by Crippen LogP contribution is 2.19. The molecule has 0 spiro atoms. The molecule has 26 heavy (non-hydrogen) atoms. The number of fused-ring (bicyclic) bond motifs is 1. The van der Waals surface area contributed by atoms with Gasteiger partial charge in [0.1, 0.15) is 5.92 Å². The molecule has 0 aliphatic carbocycles. The normalized spacial score (nSPS) is 17.0. The Morgan fingerprint density at radius 3 is 2.92 bits per heavy atom. The van der Waals surface area contributed by atoms with Crippen LogP contribution >= 0.6 is 0 Å². The van der Waals surface area contributed by atoms with Crippen LogP contribution in [0.15, 0.2) is 30.5 Å². The molecule has 1 aliphatic heterocycles. The van der Waals surface area contributed by atoms with E-state index in [1.54, 1.807) is 11.3 Å². The molecule has 3 amide bonds. The lowest BCUT2D eigenvalue weighted by Crippen LogP contribution is -2.35. The second-order valence-electron chi connectivity index (χ2n) is 6.48. The summed E-state index contributed by atoms with van der Waals surface area (Å²) in [4.78, 5) is 39.9. The molecular formula is C19H23N4O3. The van der Waals surface area contributed by atoms with Crippen LogP contribution in [0.4, 0.5) is 0 Å². The molecule has 3 rings (SSSR count). The maximum absolute atomic E-state index is 12.0. The van der Waals surface area contributed by atoms with Gasteiger partial charge in [-0.25, -0.2) is 0 Å². The van der Waals surface area contributed by atoms with Crippen LogP contribution in [0.1, 0.15) is 18.4 Å². The first-order valence-electron chi connectivity index (χ1n) is 8.80. The fourth-order valence-corrected chi connectivity index (χ4v) is 3.28. The smallest absolute Gasteiger partial charge is 0.235 e. The summed E-state index contributed by atoms with van der Waals surface area (Å²) in [7, 11) is 0. The van der Waals surface area contributed by atoms with Crippen LogP contribution in [0.5, 0.6) is 0 Å². The molecule has 1 aromatic heterocycles. The molecule has 2 aromatic rings. The van der Waals surface area contributed by atoms with E-state index in [4.69, 9.17) is 5.73 Å². The highest BCUT2D eigenvalue weighted by molar-refractivity contribution is 6.00. The Labute approximate surface area is 151 Å². The summed E-state index contributed by atoms with van der Waals surface area (Å²) in [6.07, 6.45) is 5.23. The summed E-state index contributed by atoms with van der Waals surface area (Å²) in [6.45, 7) is 1.55. The van der Waals surface area contributed by atoms with Gasteiger partial charge in [-0.3, -0.25) is 14.4 Å². The first-order chi connectivity index (χ1) is 12.6. The lowest BCUT2D eigenvalue weighted by molar-refractivity contribution is -0.136. The zero-order chi connectivity index (χ0) is 18.5. The van der Waals surface area contributed by atoms with E-state index in [1.807, 2.05) is 30.5 Å². The van der Waals surface area contributed by atoms with E-state index in [9.17, 15) is 14.4 Å². The third kappa shape index (κ3) is 4.04. The largest absolute Gasteiger partial charge is 0.369 e. The minimum absolute atomic E-state index is 0.127. The van der Waals surface area contributed by atoms with Gasteiger partial charge in [0.2, 0.25) is 17.7 Å². The van der Waals surface area contributed by atoms with Crippen LogP contribution in [-0.2, 0) is 20.8 Å². The Morgan fingerprint density at radius 2 is 2.15 bits per heavy atom. The van der Waals surface area contributed by atoms with Gasteiger partial charge in [-0.15, -0.1) is 0 Å². The number of primary amides is 1. The number of para-hydroxylation sites is 1. The number of carbonyl (C=O) groups is 3. The molecule has 1 saturated heterocycles. The second-order valence-corrected chi connectivity index (χ2v) is 6.48. The minimum atomic E-state index is -0.686. The number of likely N-dealkylation sites (tertiary alicyclic amines) is 1. The van der Waals surface area contributed by atoms with E-state index in [0.717, 1.165) is 16.5 Å². The molecule has 7 heteroatoms. The van der Waals surface area contributed by atoms with Crippen LogP contribution in [0.3, 0.4) is 0 Å². The molecule has 0 saturated carbocycles. The number of carbonyl (C=O) groups excluding carboxylic acids is 3. The number of nitrogens with zero attached hydrogens (tertiary/aromatic N) is 1. The highest BCUT2D eigenvalue weighted by atomic mass is 16.2. The first-order valence-corrected chi connectivity index (χ1v) is 8.80. The molecule has 137 valence electrons. The quantitative estimate of drug-likeness (QED) is 0.480. The predicted octanol–water partition coefficient (Wildman–Crippen LogP) is 0.755. The van der Waals surface area contributed by atoms with Gasteiger partial charge in [-0.2, -0.15) is 0 Å². The molecule has 4 N–H and O–H groups in total. The summed E-state index contributed by atoms with van der Waals surface area (Å²) in [6, 6.07) is 7.97. The molecule has 1 aromatic carbocycles. The zero-order valence-corrected chi connectivity index (χ0v) is 14.5. The van der Waals surface area contributed by atoms with Gasteiger partial charge >= 0.3 is 0 Å². The Morgan fingerprint density at radius 1 is 1.35 bits per heavy atom. The number of hydrogen-bond donors (Lipinski definition) is 3. The van der Waals surface area contributed by atoms with Gasteiger partial charge in [0.15, 0.2) is 0 Å². The fraction of sp³-hybridized carbons (Fsp3) is 0.368. The average molecular weight is 355 g/mol. The Hall–Kier alpha value is -2.83. The number of amides is 3. The number of benzene rings is 1. The maximum atomic E-state index is 12.0. The molecule has 1 unspecified atom stereocenters. The summed E-state index contributed by atoms with van der Waals surface area (Å²) in [5.74, 6) is -1.57. The molecule has 2 heterocycles. The van der Waals surface area contributed by atoms with Crippen molar-refractivity contribution < 1.29 is 14.4 Å². The molecule has 0 bridgehead atoms. The summed E-state index contributed by atoms with van der Waals surface area (Å²) in [5, 5.41) is 3.95. The van der Waals surface area contributed by atoms with E-state index in [-0.39, 0.29) is 11.8 Å². The van der Waals surface area contributed by atoms with E-state index < -0.39 is 11.8 Å². The van der Waals surface area contributed by atoms with Gasteiger partial charge in [-0.05, 0) is 30.9 Å². The van der Waals surface area contributed by atoms with E-state index in [1.165, 1.54) is 0 Å². The van der Waals surface area contributed by atoms with E-state index in [0.29, 0.717) is 38.9 Å². The molecule has 1 aliphatic rings. The SMILES string of the molecule is NC(=O)C1CCN(CCCNC(=O)[CH]Cc2c[nH]c3ccccc23)C1=O. The summed E-state index contributed by atoms with van der Waals surface area (Å²) in [5.41, 5.74) is 7.34. The molecule has 1 fully saturated rings. The predicted molar refractivity (Wildman–Crippen MR) is 97.8 cm³/mol. The Balaban J connectivity index is 1.36. The number of aromatic amines is 1. The van der Waals surface area contributed by atoms with Gasteiger partial charge in [0.25, 0.3) is 0 Å². The van der Waals surface area contributed by atoms with Crippen LogP contribution in [0.25, 0.3) is 10.9 Å².